The van der Waals surface area contributed by atoms with E-state index >= 15 is 0 Å². The van der Waals surface area contributed by atoms with E-state index in [9.17, 15) is 13.2 Å². The Morgan fingerprint density at radius 3 is 2.29 bits per heavy atom. The van der Waals surface area contributed by atoms with Gasteiger partial charge in [-0.25, -0.2) is 8.42 Å². The number of nitrogens with one attached hydrogen (secondary N) is 1. The van der Waals surface area contributed by atoms with E-state index < -0.39 is 10.0 Å². The zero-order valence-electron chi connectivity index (χ0n) is 18.5. The van der Waals surface area contributed by atoms with Crippen molar-refractivity contribution in [3.63, 3.8) is 0 Å². The van der Waals surface area contributed by atoms with Gasteiger partial charge in [-0.15, -0.1) is 0 Å². The third-order valence-electron chi connectivity index (χ3n) is 5.23. The lowest BCUT2D eigenvalue weighted by Gasteiger charge is -2.23. The first-order chi connectivity index (χ1) is 16.1. The molecular formula is C25H25BrCl2N2O3S. The molecule has 0 spiro atoms. The van der Waals surface area contributed by atoms with Crippen molar-refractivity contribution in [1.29, 1.82) is 0 Å². The molecular weight excluding hydrogens is 559 g/mol. The molecule has 3 aromatic rings. The van der Waals surface area contributed by atoms with Crippen LogP contribution >= 0.6 is 39.1 Å². The maximum Gasteiger partial charge on any atom is 0.243 e. The van der Waals surface area contributed by atoms with Gasteiger partial charge in [-0.2, -0.15) is 4.31 Å². The van der Waals surface area contributed by atoms with Crippen LogP contribution in [0.15, 0.2) is 82.2 Å². The van der Waals surface area contributed by atoms with Gasteiger partial charge in [-0.3, -0.25) is 4.79 Å². The Hall–Kier alpha value is -1.90. The van der Waals surface area contributed by atoms with Gasteiger partial charge >= 0.3 is 0 Å². The average Bonchev–Trinajstić information content (AvgIpc) is 2.80. The van der Waals surface area contributed by atoms with E-state index in [0.717, 1.165) is 21.6 Å². The molecule has 0 heterocycles. The van der Waals surface area contributed by atoms with Crippen LogP contribution in [0, 0.1) is 0 Å². The highest BCUT2D eigenvalue weighted by Gasteiger charge is 2.27. The first kappa shape index (κ1) is 26.7. The zero-order chi connectivity index (χ0) is 24.7. The Kier molecular flexibility index (Phi) is 9.56. The predicted molar refractivity (Wildman–Crippen MR) is 141 cm³/mol. The second-order valence-electron chi connectivity index (χ2n) is 7.97. The van der Waals surface area contributed by atoms with Gasteiger partial charge in [0.15, 0.2) is 0 Å². The van der Waals surface area contributed by atoms with Crippen molar-refractivity contribution in [2.45, 2.75) is 37.2 Å². The summed E-state index contributed by atoms with van der Waals surface area (Å²) in [6.07, 6.45) is 1.55. The lowest BCUT2D eigenvalue weighted by molar-refractivity contribution is -0.122. The summed E-state index contributed by atoms with van der Waals surface area (Å²) in [5.41, 5.74) is 1.81. The van der Waals surface area contributed by atoms with Crippen LogP contribution in [0.25, 0.3) is 0 Å². The highest BCUT2D eigenvalue weighted by molar-refractivity contribution is 9.10. The molecule has 0 saturated heterocycles. The molecule has 1 N–H and O–H groups in total. The number of sulfonamides is 1. The fourth-order valence-corrected chi connectivity index (χ4v) is 5.37. The number of hydrogen-bond donors (Lipinski definition) is 1. The van der Waals surface area contributed by atoms with Crippen molar-refractivity contribution >= 4 is 55.1 Å². The number of amides is 1. The van der Waals surface area contributed by atoms with Crippen molar-refractivity contribution in [3.05, 3.63) is 98.4 Å². The van der Waals surface area contributed by atoms with E-state index in [0.29, 0.717) is 15.6 Å². The molecule has 9 heteroatoms. The van der Waals surface area contributed by atoms with Crippen molar-refractivity contribution in [1.82, 2.24) is 9.62 Å². The van der Waals surface area contributed by atoms with Crippen LogP contribution in [0.2, 0.25) is 10.0 Å². The summed E-state index contributed by atoms with van der Waals surface area (Å²) in [7, 11) is -3.95. The largest absolute Gasteiger partial charge is 0.352 e. The molecule has 0 bridgehead atoms. The van der Waals surface area contributed by atoms with Gasteiger partial charge in [0.25, 0.3) is 0 Å². The third-order valence-corrected chi connectivity index (χ3v) is 8.30. The fraction of sp³-hybridized carbons (Fsp3) is 0.240. The van der Waals surface area contributed by atoms with E-state index in [1.165, 1.54) is 17.7 Å². The first-order valence-corrected chi connectivity index (χ1v) is 13.7. The summed E-state index contributed by atoms with van der Waals surface area (Å²) in [5, 5.41) is 3.61. The van der Waals surface area contributed by atoms with E-state index in [2.05, 4.69) is 21.2 Å². The van der Waals surface area contributed by atoms with Gasteiger partial charge in [-0.1, -0.05) is 75.5 Å². The number of aryl methyl sites for hydroxylation is 1. The normalized spacial score (nSPS) is 12.5. The van der Waals surface area contributed by atoms with Gasteiger partial charge in [-0.05, 0) is 67.3 Å². The molecule has 0 aliphatic rings. The number of nitrogens with zero attached hydrogens (tertiary/aromatic N) is 1. The van der Waals surface area contributed by atoms with E-state index in [4.69, 9.17) is 23.2 Å². The molecule has 0 aromatic heterocycles. The molecule has 5 nitrogen and oxygen atoms in total. The topological polar surface area (TPSA) is 66.5 Å². The van der Waals surface area contributed by atoms with Crippen LogP contribution in [0.4, 0.5) is 0 Å². The van der Waals surface area contributed by atoms with Crippen LogP contribution in [0.1, 0.15) is 24.5 Å². The van der Waals surface area contributed by atoms with E-state index in [-0.39, 0.29) is 29.9 Å². The highest BCUT2D eigenvalue weighted by Crippen LogP contribution is 2.25. The molecule has 34 heavy (non-hydrogen) atoms. The van der Waals surface area contributed by atoms with E-state index in [1.54, 1.807) is 30.3 Å². The van der Waals surface area contributed by atoms with E-state index in [1.807, 2.05) is 37.3 Å². The average molecular weight is 584 g/mol. The summed E-state index contributed by atoms with van der Waals surface area (Å²) >= 11 is 15.4. The number of benzene rings is 3. The number of halogens is 3. The van der Waals surface area contributed by atoms with Crippen LogP contribution in [-0.2, 0) is 27.8 Å². The highest BCUT2D eigenvalue weighted by atomic mass is 79.9. The molecule has 180 valence electrons. The minimum absolute atomic E-state index is 0.0267. The fourth-order valence-electron chi connectivity index (χ4n) is 3.40. The molecule has 0 unspecified atom stereocenters. The van der Waals surface area contributed by atoms with Crippen molar-refractivity contribution < 1.29 is 13.2 Å². The molecule has 1 amide bonds. The van der Waals surface area contributed by atoms with Crippen molar-refractivity contribution in [2.75, 3.05) is 6.54 Å². The Labute approximate surface area is 219 Å². The van der Waals surface area contributed by atoms with Gasteiger partial charge < -0.3 is 5.32 Å². The monoisotopic (exact) mass is 582 g/mol. The van der Waals surface area contributed by atoms with Crippen molar-refractivity contribution in [2.24, 2.45) is 0 Å². The van der Waals surface area contributed by atoms with Crippen LogP contribution < -0.4 is 5.32 Å². The Morgan fingerprint density at radius 1 is 0.971 bits per heavy atom. The van der Waals surface area contributed by atoms with Gasteiger partial charge in [0.1, 0.15) is 0 Å². The Balaban J connectivity index is 1.75. The molecule has 0 saturated carbocycles. The quantitative estimate of drug-likeness (QED) is 0.314. The first-order valence-electron chi connectivity index (χ1n) is 10.7. The lowest BCUT2D eigenvalue weighted by Crippen LogP contribution is -2.43. The van der Waals surface area contributed by atoms with Crippen LogP contribution in [0.3, 0.4) is 0 Å². The standard InChI is InChI=1S/C25H25BrCl2N2O3S/c1-18(7-8-19-5-3-2-4-6-19)29-25(31)17-30(16-20-9-14-23(27)24(28)15-20)34(32,33)22-12-10-21(26)11-13-22/h2-6,9-15,18H,7-8,16-17H2,1H3,(H,29,31)/t18-/m0/s1. The third kappa shape index (κ3) is 7.55. The number of carbonyl (C=O) groups excluding carboxylic acids is 1. The second kappa shape index (κ2) is 12.2. The summed E-state index contributed by atoms with van der Waals surface area (Å²) in [6.45, 7) is 1.56. The Bertz CT molecular complexity index is 1220. The SMILES string of the molecule is C[C@@H](CCc1ccccc1)NC(=O)CN(Cc1ccc(Cl)c(Cl)c1)S(=O)(=O)c1ccc(Br)cc1. The number of hydrogen-bond acceptors (Lipinski definition) is 3. The summed E-state index contributed by atoms with van der Waals surface area (Å²) in [5.74, 6) is -0.374. The molecule has 0 aliphatic carbocycles. The summed E-state index contributed by atoms with van der Waals surface area (Å²) in [4.78, 5) is 12.9. The number of rotatable bonds is 10. The smallest absolute Gasteiger partial charge is 0.243 e. The van der Waals surface area contributed by atoms with Gasteiger partial charge in [0, 0.05) is 17.1 Å². The van der Waals surface area contributed by atoms with Crippen LogP contribution in [-0.4, -0.2) is 31.2 Å². The Morgan fingerprint density at radius 2 is 1.65 bits per heavy atom. The minimum atomic E-state index is -3.95. The van der Waals surface area contributed by atoms with Gasteiger partial charge in [0.2, 0.25) is 15.9 Å². The summed E-state index contributed by atoms with van der Waals surface area (Å²) < 4.78 is 28.7. The zero-order valence-corrected chi connectivity index (χ0v) is 22.5. The maximum atomic E-state index is 13.4. The van der Waals surface area contributed by atoms with Crippen molar-refractivity contribution in [3.8, 4) is 0 Å². The van der Waals surface area contributed by atoms with Gasteiger partial charge in [0.05, 0.1) is 21.5 Å². The maximum absolute atomic E-state index is 13.4. The van der Waals surface area contributed by atoms with Crippen LogP contribution in [0.5, 0.6) is 0 Å². The minimum Gasteiger partial charge on any atom is -0.352 e. The number of carbonyl (C=O) groups is 1. The molecule has 3 rings (SSSR count). The summed E-state index contributed by atoms with van der Waals surface area (Å²) in [6, 6.07) is 21.1. The molecule has 0 radical (unpaired) electrons. The predicted octanol–water partition coefficient (Wildman–Crippen LogP) is 6.08. The molecule has 0 aliphatic heterocycles. The second-order valence-corrected chi connectivity index (χ2v) is 11.6. The molecule has 3 aromatic carbocycles. The molecule has 0 fully saturated rings. The molecule has 1 atom stereocenters. The lowest BCUT2D eigenvalue weighted by atomic mass is 10.1.